The Morgan fingerprint density at radius 3 is 2.25 bits per heavy atom. The van der Waals surface area contributed by atoms with Crippen LogP contribution in [0.1, 0.15) is 6.92 Å². The van der Waals surface area contributed by atoms with E-state index in [4.69, 9.17) is 23.2 Å². The van der Waals surface area contributed by atoms with E-state index in [2.05, 4.69) is 8.92 Å². The van der Waals surface area contributed by atoms with E-state index in [-0.39, 0.29) is 6.61 Å². The zero-order valence-corrected chi connectivity index (χ0v) is 8.40. The van der Waals surface area contributed by atoms with E-state index < -0.39 is 21.5 Å². The van der Waals surface area contributed by atoms with Crippen LogP contribution < -0.4 is 0 Å². The summed E-state index contributed by atoms with van der Waals surface area (Å²) in [5, 5.41) is 0. The van der Waals surface area contributed by atoms with Crippen LogP contribution in [0.2, 0.25) is 0 Å². The van der Waals surface area contributed by atoms with Gasteiger partial charge < -0.3 is 9.29 Å². The molecule has 0 amide bonds. The molecule has 0 aromatic rings. The summed E-state index contributed by atoms with van der Waals surface area (Å²) in [4.78, 5) is -1.23. The lowest BCUT2D eigenvalue weighted by Crippen LogP contribution is -2.27. The van der Waals surface area contributed by atoms with Crippen LogP contribution in [-0.2, 0) is 19.3 Å². The van der Waals surface area contributed by atoms with Gasteiger partial charge in [-0.2, -0.15) is 0 Å². The minimum atomic E-state index is -4.83. The van der Waals surface area contributed by atoms with Crippen molar-refractivity contribution in [2.45, 2.75) is 18.1 Å². The molecule has 0 bridgehead atoms. The zero-order chi connectivity index (χ0) is 9.78. The second kappa shape index (κ2) is 5.21. The van der Waals surface area contributed by atoms with Gasteiger partial charge in [0.05, 0.1) is 0 Å². The largest absolute Gasteiger partial charge is 0.725 e. The van der Waals surface area contributed by atoms with Gasteiger partial charge in [0, 0.05) is 6.61 Å². The van der Waals surface area contributed by atoms with E-state index in [0.29, 0.717) is 0 Å². The van der Waals surface area contributed by atoms with Crippen LogP contribution in [0.15, 0.2) is 0 Å². The quantitative estimate of drug-likeness (QED) is 0.304. The topological polar surface area (TPSA) is 75.7 Å². The average molecular weight is 238 g/mol. The molecule has 0 spiro atoms. The molecular formula is C4H7Cl2O5S-. The number of alkyl halides is 2. The number of hydrogen-bond acceptors (Lipinski definition) is 5. The molecule has 0 aromatic heterocycles. The Morgan fingerprint density at radius 1 is 1.50 bits per heavy atom. The van der Waals surface area contributed by atoms with Crippen molar-refractivity contribution in [3.05, 3.63) is 0 Å². The average Bonchev–Trinajstić information content (AvgIpc) is 1.83. The highest BCUT2D eigenvalue weighted by Crippen LogP contribution is 2.14. The molecule has 0 saturated heterocycles. The third kappa shape index (κ3) is 5.99. The molecule has 0 radical (unpaired) electrons. The van der Waals surface area contributed by atoms with Gasteiger partial charge in [-0.05, 0) is 6.92 Å². The SMILES string of the molecule is CCOC(OS(=O)(=O)[O-])C(Cl)Cl. The fourth-order valence-electron chi connectivity index (χ4n) is 0.423. The molecule has 0 aromatic carbocycles. The van der Waals surface area contributed by atoms with Gasteiger partial charge in [-0.1, -0.05) is 23.2 Å². The maximum Gasteiger partial charge on any atom is 0.220 e. The van der Waals surface area contributed by atoms with Crippen LogP contribution in [-0.4, -0.2) is 30.7 Å². The van der Waals surface area contributed by atoms with Gasteiger partial charge >= 0.3 is 0 Å². The number of hydrogen-bond donors (Lipinski definition) is 0. The van der Waals surface area contributed by atoms with Crippen LogP contribution in [0.5, 0.6) is 0 Å². The van der Waals surface area contributed by atoms with Crippen molar-refractivity contribution in [3.63, 3.8) is 0 Å². The van der Waals surface area contributed by atoms with Gasteiger partial charge in [0.25, 0.3) is 0 Å². The van der Waals surface area contributed by atoms with Crippen LogP contribution in [0.25, 0.3) is 0 Å². The van der Waals surface area contributed by atoms with Crippen LogP contribution in [0, 0.1) is 0 Å². The van der Waals surface area contributed by atoms with E-state index in [1.165, 1.54) is 0 Å². The van der Waals surface area contributed by atoms with Gasteiger partial charge in [0.2, 0.25) is 16.7 Å². The molecule has 1 atom stereocenters. The minimum absolute atomic E-state index is 0.135. The Morgan fingerprint density at radius 2 is 2.00 bits per heavy atom. The summed E-state index contributed by atoms with van der Waals surface area (Å²) in [6.45, 7) is 1.71. The molecular weight excluding hydrogens is 231 g/mol. The highest BCUT2D eigenvalue weighted by Gasteiger charge is 2.20. The smallest absolute Gasteiger partial charge is 0.220 e. The molecule has 0 heterocycles. The normalized spacial score (nSPS) is 15.1. The van der Waals surface area contributed by atoms with Gasteiger partial charge in [0.15, 0.2) is 4.84 Å². The Labute approximate surface area is 80.5 Å². The first-order valence-corrected chi connectivity index (χ1v) is 5.11. The number of halogens is 2. The molecule has 0 fully saturated rings. The first kappa shape index (κ1) is 12.4. The summed E-state index contributed by atoms with van der Waals surface area (Å²) in [7, 11) is -4.83. The molecule has 0 aliphatic heterocycles. The van der Waals surface area contributed by atoms with E-state index in [9.17, 15) is 13.0 Å². The summed E-state index contributed by atoms with van der Waals surface area (Å²) >= 11 is 10.5. The predicted molar refractivity (Wildman–Crippen MR) is 41.7 cm³/mol. The standard InChI is InChI=1S/C4H8Cl2O5S/c1-2-10-4(3(5)6)11-12(7,8)9/h3-4H,2H2,1H3,(H,7,8,9)/p-1. The monoisotopic (exact) mass is 237 g/mol. The minimum Gasteiger partial charge on any atom is -0.725 e. The Kier molecular flexibility index (Phi) is 5.38. The van der Waals surface area contributed by atoms with E-state index in [1.807, 2.05) is 0 Å². The predicted octanol–water partition coefficient (Wildman–Crippen LogP) is 0.630. The zero-order valence-electron chi connectivity index (χ0n) is 6.07. The maximum absolute atomic E-state index is 10.0. The highest BCUT2D eigenvalue weighted by atomic mass is 35.5. The molecule has 0 rings (SSSR count). The maximum atomic E-state index is 10.0. The number of rotatable bonds is 5. The fraction of sp³-hybridized carbons (Fsp3) is 1.00. The molecule has 74 valence electrons. The summed E-state index contributed by atoms with van der Waals surface area (Å²) < 4.78 is 38.6. The lowest BCUT2D eigenvalue weighted by molar-refractivity contribution is -0.0670. The van der Waals surface area contributed by atoms with Crippen molar-refractivity contribution >= 4 is 33.6 Å². The molecule has 0 saturated carbocycles. The summed E-state index contributed by atoms with van der Waals surface area (Å²) in [6, 6.07) is 0. The van der Waals surface area contributed by atoms with E-state index >= 15 is 0 Å². The van der Waals surface area contributed by atoms with Crippen molar-refractivity contribution in [2.75, 3.05) is 6.61 Å². The third-order valence-electron chi connectivity index (χ3n) is 0.749. The first-order chi connectivity index (χ1) is 5.37. The molecule has 0 N–H and O–H groups in total. The molecule has 12 heavy (non-hydrogen) atoms. The van der Waals surface area contributed by atoms with Gasteiger partial charge in [-0.15, -0.1) is 0 Å². The molecule has 5 nitrogen and oxygen atoms in total. The van der Waals surface area contributed by atoms with E-state index in [1.54, 1.807) is 6.92 Å². The van der Waals surface area contributed by atoms with Crippen molar-refractivity contribution in [1.29, 1.82) is 0 Å². The fourth-order valence-corrected chi connectivity index (χ4v) is 1.19. The third-order valence-corrected chi connectivity index (χ3v) is 1.59. The van der Waals surface area contributed by atoms with Crippen molar-refractivity contribution in [1.82, 2.24) is 0 Å². The van der Waals surface area contributed by atoms with Crippen LogP contribution in [0.4, 0.5) is 0 Å². The molecule has 0 aliphatic carbocycles. The van der Waals surface area contributed by atoms with Crippen molar-refractivity contribution in [2.24, 2.45) is 0 Å². The lowest BCUT2D eigenvalue weighted by atomic mass is 10.7. The van der Waals surface area contributed by atoms with Gasteiger partial charge in [-0.25, -0.2) is 12.6 Å². The van der Waals surface area contributed by atoms with Crippen LogP contribution >= 0.6 is 23.2 Å². The van der Waals surface area contributed by atoms with Gasteiger partial charge in [0.1, 0.15) is 0 Å². The second-order valence-corrected chi connectivity index (χ2v) is 3.84. The summed E-state index contributed by atoms with van der Waals surface area (Å²) in [6.07, 6.45) is -1.44. The molecule has 8 heteroatoms. The lowest BCUT2D eigenvalue weighted by Gasteiger charge is -2.19. The number of ether oxygens (including phenoxy) is 1. The molecule has 1 unspecified atom stereocenters. The van der Waals surface area contributed by atoms with Crippen molar-refractivity contribution < 1.29 is 21.9 Å². The Balaban J connectivity index is 4.14. The first-order valence-electron chi connectivity index (χ1n) is 2.90. The van der Waals surface area contributed by atoms with Crippen molar-refractivity contribution in [3.8, 4) is 0 Å². The summed E-state index contributed by atoms with van der Waals surface area (Å²) in [5.41, 5.74) is 0. The second-order valence-electron chi connectivity index (χ2n) is 1.66. The highest BCUT2D eigenvalue weighted by molar-refractivity contribution is 7.80. The Hall–Kier alpha value is 0.410. The van der Waals surface area contributed by atoms with Gasteiger partial charge in [-0.3, -0.25) is 0 Å². The van der Waals surface area contributed by atoms with Crippen LogP contribution in [0.3, 0.4) is 0 Å². The molecule has 0 aliphatic rings. The Bertz CT molecular complexity index is 213. The summed E-state index contributed by atoms with van der Waals surface area (Å²) in [5.74, 6) is 0. The van der Waals surface area contributed by atoms with E-state index in [0.717, 1.165) is 0 Å².